The van der Waals surface area contributed by atoms with E-state index in [-0.39, 0.29) is 16.2 Å². The van der Waals surface area contributed by atoms with Crippen LogP contribution in [0.5, 0.6) is 0 Å². The number of Topliss-reactive ketones (excluding diaryl/α,β-unsaturated/α-hetero) is 1. The predicted octanol–water partition coefficient (Wildman–Crippen LogP) is 3.48. The Morgan fingerprint density at radius 3 is 2.47 bits per heavy atom. The normalized spacial score (nSPS) is 11.2. The topological polar surface area (TPSA) is 94.5 Å². The Morgan fingerprint density at radius 1 is 1.03 bits per heavy atom. The third kappa shape index (κ3) is 4.77. The molecule has 0 amide bonds. The molecule has 0 fully saturated rings. The molecular weight excluding hydrogens is 404 g/mol. The first-order valence-corrected chi connectivity index (χ1v) is 10.7. The van der Waals surface area contributed by atoms with Crippen molar-refractivity contribution in [3.63, 3.8) is 0 Å². The molecule has 0 radical (unpaired) electrons. The first-order valence-electron chi connectivity index (χ1n) is 9.19. The van der Waals surface area contributed by atoms with Crippen molar-refractivity contribution in [2.45, 2.75) is 18.7 Å². The number of rotatable bonds is 7. The van der Waals surface area contributed by atoms with Crippen LogP contribution < -0.4 is 4.72 Å². The van der Waals surface area contributed by atoms with Crippen molar-refractivity contribution >= 4 is 27.5 Å². The molecule has 3 aromatic rings. The predicted molar refractivity (Wildman–Crippen MR) is 113 cm³/mol. The van der Waals surface area contributed by atoms with Crippen LogP contribution in [0.3, 0.4) is 0 Å². The van der Waals surface area contributed by atoms with E-state index < -0.39 is 22.6 Å². The maximum Gasteiger partial charge on any atom is 0.338 e. The molecule has 0 spiro atoms. The van der Waals surface area contributed by atoms with Gasteiger partial charge in [-0.3, -0.25) is 9.52 Å². The Kier molecular flexibility index (Phi) is 6.07. The van der Waals surface area contributed by atoms with E-state index in [1.807, 2.05) is 13.0 Å². The highest BCUT2D eigenvalue weighted by molar-refractivity contribution is 7.92. The molecule has 0 atom stereocenters. The molecule has 0 aliphatic heterocycles. The van der Waals surface area contributed by atoms with Gasteiger partial charge in [-0.2, -0.15) is 0 Å². The van der Waals surface area contributed by atoms with Gasteiger partial charge in [0.05, 0.1) is 16.2 Å². The summed E-state index contributed by atoms with van der Waals surface area (Å²) in [5.41, 5.74) is 2.37. The number of aromatic nitrogens is 1. The van der Waals surface area contributed by atoms with Gasteiger partial charge in [0.15, 0.2) is 6.61 Å². The van der Waals surface area contributed by atoms with E-state index in [1.165, 1.54) is 18.2 Å². The van der Waals surface area contributed by atoms with Crippen LogP contribution >= 0.6 is 0 Å². The van der Waals surface area contributed by atoms with Crippen LogP contribution in [-0.4, -0.2) is 31.3 Å². The molecule has 1 N–H and O–H groups in total. The van der Waals surface area contributed by atoms with E-state index in [0.29, 0.717) is 16.9 Å². The lowest BCUT2D eigenvalue weighted by molar-refractivity contribution is 0.0471. The van der Waals surface area contributed by atoms with Gasteiger partial charge in [-0.1, -0.05) is 18.2 Å². The van der Waals surface area contributed by atoms with Crippen molar-refractivity contribution < 1.29 is 22.7 Å². The molecule has 30 heavy (non-hydrogen) atoms. The second kappa shape index (κ2) is 8.54. The van der Waals surface area contributed by atoms with Gasteiger partial charge >= 0.3 is 5.97 Å². The number of ether oxygens (including phenoxy) is 1. The van der Waals surface area contributed by atoms with Crippen LogP contribution in [0.4, 0.5) is 5.69 Å². The zero-order valence-electron chi connectivity index (χ0n) is 16.9. The molecule has 0 bridgehead atoms. The number of anilines is 1. The molecule has 8 heteroatoms. The summed E-state index contributed by atoms with van der Waals surface area (Å²) in [7, 11) is -2.19. The van der Waals surface area contributed by atoms with E-state index in [4.69, 9.17) is 4.74 Å². The first kappa shape index (κ1) is 21.3. The summed E-state index contributed by atoms with van der Waals surface area (Å²) in [6.07, 6.45) is 1.72. The van der Waals surface area contributed by atoms with Gasteiger partial charge in [0, 0.05) is 18.9 Å². The second-order valence-corrected chi connectivity index (χ2v) is 8.64. The Balaban J connectivity index is 1.78. The van der Waals surface area contributed by atoms with E-state index in [9.17, 15) is 18.0 Å². The number of nitrogens with one attached hydrogen (secondary N) is 1. The highest BCUT2D eigenvalue weighted by Gasteiger charge is 2.20. The van der Waals surface area contributed by atoms with Crippen molar-refractivity contribution in [3.8, 4) is 0 Å². The molecular formula is C22H22N2O5S. The summed E-state index contributed by atoms with van der Waals surface area (Å²) >= 11 is 0. The van der Waals surface area contributed by atoms with Crippen LogP contribution in [0.1, 0.15) is 32.0 Å². The minimum absolute atomic E-state index is 0.0738. The molecule has 0 aliphatic carbocycles. The average molecular weight is 426 g/mol. The number of ketones is 1. The molecule has 3 rings (SSSR count). The minimum atomic E-state index is -3.90. The third-order valence-electron chi connectivity index (χ3n) is 4.57. The zero-order chi connectivity index (χ0) is 21.9. The van der Waals surface area contributed by atoms with E-state index >= 15 is 0 Å². The molecule has 2 aromatic carbocycles. The van der Waals surface area contributed by atoms with Crippen LogP contribution in [-0.2, 0) is 21.8 Å². The van der Waals surface area contributed by atoms with Gasteiger partial charge in [0.25, 0.3) is 10.0 Å². The molecule has 0 unspecified atom stereocenters. The fourth-order valence-electron chi connectivity index (χ4n) is 2.94. The van der Waals surface area contributed by atoms with Crippen LogP contribution in [0.25, 0.3) is 0 Å². The van der Waals surface area contributed by atoms with Gasteiger partial charge in [-0.15, -0.1) is 0 Å². The fourth-order valence-corrected chi connectivity index (χ4v) is 4.02. The first-order chi connectivity index (χ1) is 14.2. The number of aryl methyl sites for hydroxylation is 3. The van der Waals surface area contributed by atoms with E-state index in [2.05, 4.69) is 4.72 Å². The summed E-state index contributed by atoms with van der Waals surface area (Å²) < 4.78 is 34.7. The van der Waals surface area contributed by atoms with E-state index in [0.717, 1.165) is 5.56 Å². The summed E-state index contributed by atoms with van der Waals surface area (Å²) in [6.45, 7) is 3.09. The lowest BCUT2D eigenvalue weighted by atomic mass is 10.1. The smallest absolute Gasteiger partial charge is 0.338 e. The molecule has 0 saturated heterocycles. The number of benzene rings is 2. The monoisotopic (exact) mass is 426 g/mol. The summed E-state index contributed by atoms with van der Waals surface area (Å²) in [4.78, 5) is 24.6. The Hall–Kier alpha value is -3.39. The Bertz CT molecular complexity index is 1210. The molecule has 1 aromatic heterocycles. The van der Waals surface area contributed by atoms with Crippen LogP contribution in [0.15, 0.2) is 65.7 Å². The number of carbonyl (C=O) groups is 2. The van der Waals surface area contributed by atoms with Crippen molar-refractivity contribution in [3.05, 3.63) is 83.2 Å². The highest BCUT2D eigenvalue weighted by atomic mass is 32.2. The molecule has 7 nitrogen and oxygen atoms in total. The fraction of sp³-hybridized carbons (Fsp3) is 0.182. The molecule has 0 aliphatic rings. The Morgan fingerprint density at radius 2 is 1.80 bits per heavy atom. The SMILES string of the molecule is Cc1cccc(NS(=O)(=O)c2ccc(C)c(C(=O)OCC(=O)c3cccn3C)c2)c1. The van der Waals surface area contributed by atoms with Crippen molar-refractivity contribution in [1.82, 2.24) is 4.57 Å². The third-order valence-corrected chi connectivity index (χ3v) is 5.95. The van der Waals surface area contributed by atoms with Gasteiger partial charge in [-0.25, -0.2) is 13.2 Å². The van der Waals surface area contributed by atoms with E-state index in [1.54, 1.807) is 55.1 Å². The lowest BCUT2D eigenvalue weighted by Crippen LogP contribution is -2.18. The number of sulfonamides is 1. The van der Waals surface area contributed by atoms with Crippen molar-refractivity contribution in [1.29, 1.82) is 0 Å². The van der Waals surface area contributed by atoms with Gasteiger partial charge < -0.3 is 9.30 Å². The number of carbonyl (C=O) groups excluding carboxylic acids is 2. The average Bonchev–Trinajstić information content (AvgIpc) is 3.11. The van der Waals surface area contributed by atoms with Crippen LogP contribution in [0.2, 0.25) is 0 Å². The lowest BCUT2D eigenvalue weighted by Gasteiger charge is -2.12. The molecule has 1 heterocycles. The standard InChI is InChI=1S/C22H22N2O5S/c1-15-6-4-7-17(12-15)23-30(27,28)18-10-9-16(2)19(13-18)22(26)29-14-21(25)20-8-5-11-24(20)3/h4-13,23H,14H2,1-3H3. The number of hydrogen-bond acceptors (Lipinski definition) is 5. The summed E-state index contributed by atoms with van der Waals surface area (Å²) in [5.74, 6) is -1.11. The Labute approximate surface area is 175 Å². The molecule has 0 saturated carbocycles. The summed E-state index contributed by atoms with van der Waals surface area (Å²) in [6, 6.07) is 14.5. The maximum absolute atomic E-state index is 12.7. The molecule has 156 valence electrons. The summed E-state index contributed by atoms with van der Waals surface area (Å²) in [5, 5.41) is 0. The largest absolute Gasteiger partial charge is 0.454 e. The van der Waals surface area contributed by atoms with Gasteiger partial charge in [0.2, 0.25) is 5.78 Å². The minimum Gasteiger partial charge on any atom is -0.454 e. The zero-order valence-corrected chi connectivity index (χ0v) is 17.7. The van der Waals surface area contributed by atoms with Crippen molar-refractivity contribution in [2.75, 3.05) is 11.3 Å². The van der Waals surface area contributed by atoms with Crippen molar-refractivity contribution in [2.24, 2.45) is 7.05 Å². The number of nitrogens with zero attached hydrogens (tertiary/aromatic N) is 1. The van der Waals surface area contributed by atoms with Gasteiger partial charge in [0.1, 0.15) is 0 Å². The highest BCUT2D eigenvalue weighted by Crippen LogP contribution is 2.20. The number of esters is 1. The van der Waals surface area contributed by atoms with Gasteiger partial charge in [-0.05, 0) is 61.4 Å². The maximum atomic E-state index is 12.7. The van der Waals surface area contributed by atoms with Crippen LogP contribution in [0, 0.1) is 13.8 Å². The number of hydrogen-bond donors (Lipinski definition) is 1. The quantitative estimate of drug-likeness (QED) is 0.461. The second-order valence-electron chi connectivity index (χ2n) is 6.96.